The molecule has 3 rings (SSSR count). The minimum atomic E-state index is -0.336. The highest BCUT2D eigenvalue weighted by Gasteiger charge is 2.07. The first-order chi connectivity index (χ1) is 9.74. The van der Waals surface area contributed by atoms with Crippen molar-refractivity contribution in [2.24, 2.45) is 0 Å². The van der Waals surface area contributed by atoms with Crippen LogP contribution in [0.3, 0.4) is 0 Å². The number of hydrogen-bond donors (Lipinski definition) is 2. The molecule has 3 aromatic rings. The minimum Gasteiger partial charge on any atom is -0.398 e. The van der Waals surface area contributed by atoms with Crippen LogP contribution < -0.4 is 11.1 Å². The maximum Gasteiger partial charge on any atom is 0.146 e. The summed E-state index contributed by atoms with van der Waals surface area (Å²) < 4.78 is 15.3. The number of nitrogens with two attached hydrogens (primary N) is 1. The molecule has 0 amide bonds. The summed E-state index contributed by atoms with van der Waals surface area (Å²) in [5, 5.41) is 15.8. The normalized spacial score (nSPS) is 10.7. The Balaban J connectivity index is 1.82. The molecule has 2 aromatic heterocycles. The summed E-state index contributed by atoms with van der Waals surface area (Å²) in [6.07, 6.45) is 1.45. The molecule has 2 heterocycles. The zero-order chi connectivity index (χ0) is 13.9. The van der Waals surface area contributed by atoms with E-state index in [1.54, 1.807) is 12.1 Å². The Morgan fingerprint density at radius 3 is 2.95 bits per heavy atom. The molecule has 0 aliphatic heterocycles. The van der Waals surface area contributed by atoms with Gasteiger partial charge in [-0.1, -0.05) is 0 Å². The molecule has 0 aliphatic rings. The van der Waals surface area contributed by atoms with Crippen molar-refractivity contribution in [3.8, 4) is 5.69 Å². The first-order valence-corrected chi connectivity index (χ1v) is 6.70. The maximum atomic E-state index is 13.8. The topological polar surface area (TPSA) is 81.6 Å². The van der Waals surface area contributed by atoms with E-state index in [2.05, 4.69) is 20.8 Å². The molecular weight excluding hydrogens is 279 g/mol. The van der Waals surface area contributed by atoms with Gasteiger partial charge < -0.3 is 11.1 Å². The number of halogens is 1. The molecule has 20 heavy (non-hydrogen) atoms. The Bertz CT molecular complexity index is 709. The summed E-state index contributed by atoms with van der Waals surface area (Å²) in [5.41, 5.74) is 7.56. The van der Waals surface area contributed by atoms with Crippen molar-refractivity contribution in [2.45, 2.75) is 6.54 Å². The quantitative estimate of drug-likeness (QED) is 0.768. The molecule has 0 aliphatic carbocycles. The Labute approximate surface area is 118 Å². The third kappa shape index (κ3) is 2.45. The fourth-order valence-corrected chi connectivity index (χ4v) is 2.48. The van der Waals surface area contributed by atoms with Crippen molar-refractivity contribution in [3.63, 3.8) is 0 Å². The highest BCUT2D eigenvalue weighted by molar-refractivity contribution is 7.10. The Kier molecular flexibility index (Phi) is 3.30. The smallest absolute Gasteiger partial charge is 0.146 e. The van der Waals surface area contributed by atoms with Gasteiger partial charge >= 0.3 is 0 Å². The monoisotopic (exact) mass is 290 g/mol. The van der Waals surface area contributed by atoms with E-state index in [1.165, 1.54) is 28.4 Å². The first kappa shape index (κ1) is 12.5. The van der Waals surface area contributed by atoms with E-state index in [0.29, 0.717) is 23.6 Å². The van der Waals surface area contributed by atoms with Gasteiger partial charge in [-0.15, -0.1) is 16.4 Å². The fourth-order valence-electron chi connectivity index (χ4n) is 1.74. The van der Waals surface area contributed by atoms with Gasteiger partial charge in [0, 0.05) is 10.6 Å². The average Bonchev–Trinajstić information content (AvgIpc) is 3.10. The number of thiophene rings is 1. The largest absolute Gasteiger partial charge is 0.398 e. The number of rotatable bonds is 4. The molecule has 0 unspecified atom stereocenters. The molecule has 0 spiro atoms. The van der Waals surface area contributed by atoms with Crippen LogP contribution in [0, 0.1) is 5.82 Å². The van der Waals surface area contributed by atoms with Crippen LogP contribution in [0.15, 0.2) is 36.0 Å². The predicted molar refractivity (Wildman–Crippen MR) is 75.2 cm³/mol. The fraction of sp³-hybridized carbons (Fsp3) is 0.0833. The summed E-state index contributed by atoms with van der Waals surface area (Å²) in [6, 6.07) is 6.46. The highest BCUT2D eigenvalue weighted by Crippen LogP contribution is 2.23. The van der Waals surface area contributed by atoms with Crippen molar-refractivity contribution in [3.05, 3.63) is 46.7 Å². The average molecular weight is 290 g/mol. The van der Waals surface area contributed by atoms with Crippen LogP contribution in [-0.4, -0.2) is 20.2 Å². The summed E-state index contributed by atoms with van der Waals surface area (Å²) >= 11 is 1.53. The standard InChI is InChI=1S/C12H11FN6S/c13-9-2-1-8(19-7-16-17-18-19)5-11(9)15-6-12-10(14)3-4-20-12/h1-5,7,15H,6,14H2. The summed E-state index contributed by atoms with van der Waals surface area (Å²) in [4.78, 5) is 0.970. The van der Waals surface area contributed by atoms with Crippen LogP contribution in [-0.2, 0) is 6.54 Å². The van der Waals surface area contributed by atoms with E-state index in [0.717, 1.165) is 4.88 Å². The van der Waals surface area contributed by atoms with E-state index in [-0.39, 0.29) is 5.82 Å². The number of nitrogens with one attached hydrogen (secondary N) is 1. The maximum absolute atomic E-state index is 13.8. The van der Waals surface area contributed by atoms with Gasteiger partial charge in [0.05, 0.1) is 17.9 Å². The van der Waals surface area contributed by atoms with Crippen molar-refractivity contribution >= 4 is 22.7 Å². The molecule has 3 N–H and O–H groups in total. The number of nitrogen functional groups attached to an aromatic ring is 1. The van der Waals surface area contributed by atoms with E-state index in [4.69, 9.17) is 5.73 Å². The van der Waals surface area contributed by atoms with E-state index < -0.39 is 0 Å². The number of tetrazole rings is 1. The summed E-state index contributed by atoms with van der Waals surface area (Å²) in [5.74, 6) is -0.336. The van der Waals surface area contributed by atoms with Crippen LogP contribution >= 0.6 is 11.3 Å². The van der Waals surface area contributed by atoms with Gasteiger partial charge in [-0.05, 0) is 40.1 Å². The molecule has 0 atom stereocenters. The lowest BCUT2D eigenvalue weighted by Gasteiger charge is -2.09. The van der Waals surface area contributed by atoms with Crippen LogP contribution in [0.4, 0.5) is 15.8 Å². The molecule has 8 heteroatoms. The van der Waals surface area contributed by atoms with Gasteiger partial charge in [0.2, 0.25) is 0 Å². The third-order valence-corrected chi connectivity index (χ3v) is 3.72. The molecule has 0 bridgehead atoms. The van der Waals surface area contributed by atoms with E-state index in [9.17, 15) is 4.39 Å². The van der Waals surface area contributed by atoms with Crippen molar-refractivity contribution in [2.75, 3.05) is 11.1 Å². The zero-order valence-corrected chi connectivity index (χ0v) is 11.1. The highest BCUT2D eigenvalue weighted by atomic mass is 32.1. The Morgan fingerprint density at radius 1 is 1.35 bits per heavy atom. The van der Waals surface area contributed by atoms with Crippen LogP contribution in [0.25, 0.3) is 5.69 Å². The molecule has 0 saturated carbocycles. The van der Waals surface area contributed by atoms with Crippen LogP contribution in [0.1, 0.15) is 4.88 Å². The Morgan fingerprint density at radius 2 is 2.25 bits per heavy atom. The number of anilines is 2. The van der Waals surface area contributed by atoms with Gasteiger partial charge in [0.1, 0.15) is 12.1 Å². The molecule has 0 fully saturated rings. The van der Waals surface area contributed by atoms with E-state index >= 15 is 0 Å². The molecular formula is C12H11FN6S. The molecule has 0 saturated heterocycles. The lowest BCUT2D eigenvalue weighted by atomic mass is 10.2. The Hall–Kier alpha value is -2.48. The summed E-state index contributed by atoms with van der Waals surface area (Å²) in [6.45, 7) is 0.472. The first-order valence-electron chi connectivity index (χ1n) is 5.82. The van der Waals surface area contributed by atoms with Crippen molar-refractivity contribution in [1.82, 2.24) is 20.2 Å². The van der Waals surface area contributed by atoms with Gasteiger partial charge in [-0.2, -0.15) is 0 Å². The third-order valence-electron chi connectivity index (χ3n) is 2.78. The summed E-state index contributed by atoms with van der Waals surface area (Å²) in [7, 11) is 0. The van der Waals surface area contributed by atoms with Gasteiger partial charge in [-0.3, -0.25) is 0 Å². The van der Waals surface area contributed by atoms with Gasteiger partial charge in [0.15, 0.2) is 0 Å². The predicted octanol–water partition coefficient (Wildman–Crippen LogP) is 2.06. The number of aromatic nitrogens is 4. The van der Waals surface area contributed by atoms with Crippen molar-refractivity contribution in [1.29, 1.82) is 0 Å². The second kappa shape index (κ2) is 5.25. The van der Waals surface area contributed by atoms with E-state index in [1.807, 2.05) is 11.4 Å². The zero-order valence-electron chi connectivity index (χ0n) is 10.3. The van der Waals surface area contributed by atoms with Crippen LogP contribution in [0.5, 0.6) is 0 Å². The SMILES string of the molecule is Nc1ccsc1CNc1cc(-n2cnnn2)ccc1F. The minimum absolute atomic E-state index is 0.336. The molecule has 1 aromatic carbocycles. The molecule has 102 valence electrons. The molecule has 0 radical (unpaired) electrons. The number of benzene rings is 1. The second-order valence-corrected chi connectivity index (χ2v) is 5.07. The number of hydrogen-bond acceptors (Lipinski definition) is 6. The van der Waals surface area contributed by atoms with Crippen molar-refractivity contribution < 1.29 is 4.39 Å². The van der Waals surface area contributed by atoms with Gasteiger partial charge in [-0.25, -0.2) is 9.07 Å². The lowest BCUT2D eigenvalue weighted by Crippen LogP contribution is -2.04. The second-order valence-electron chi connectivity index (χ2n) is 4.07. The van der Waals surface area contributed by atoms with Crippen LogP contribution in [0.2, 0.25) is 0 Å². The number of nitrogens with zero attached hydrogens (tertiary/aromatic N) is 4. The molecule has 6 nitrogen and oxygen atoms in total. The van der Waals surface area contributed by atoms with Gasteiger partial charge in [0.25, 0.3) is 0 Å². The lowest BCUT2D eigenvalue weighted by molar-refractivity contribution is 0.629.